The molecule has 1 aromatic rings. The predicted octanol–water partition coefficient (Wildman–Crippen LogP) is 3.71. The van der Waals surface area contributed by atoms with Gasteiger partial charge in [0.1, 0.15) is 5.75 Å². The van der Waals surface area contributed by atoms with Gasteiger partial charge in [-0.25, -0.2) is 0 Å². The molecule has 2 aliphatic rings. The maximum absolute atomic E-state index is 12.6. The molecule has 2 bridgehead atoms. The molecule has 2 aliphatic carbocycles. The van der Waals surface area contributed by atoms with Crippen molar-refractivity contribution in [1.29, 1.82) is 0 Å². The van der Waals surface area contributed by atoms with Crippen LogP contribution in [-0.4, -0.2) is 10.9 Å². The highest BCUT2D eigenvalue weighted by Crippen LogP contribution is 2.65. The van der Waals surface area contributed by atoms with Crippen LogP contribution in [0.25, 0.3) is 0 Å². The summed E-state index contributed by atoms with van der Waals surface area (Å²) in [6.45, 7) is 6.53. The topological polar surface area (TPSA) is 49.3 Å². The Kier molecular flexibility index (Phi) is 2.72. The molecule has 0 saturated heterocycles. The number of hydrogen-bond donors (Lipinski definition) is 2. The lowest BCUT2D eigenvalue weighted by Crippen LogP contribution is -2.32. The van der Waals surface area contributed by atoms with Crippen molar-refractivity contribution in [3.8, 4) is 5.75 Å². The number of carbonyl (C=O) groups is 1. The molecule has 3 rings (SSSR count). The third kappa shape index (κ3) is 1.62. The Balaban J connectivity index is 1.87. The van der Waals surface area contributed by atoms with Crippen LogP contribution in [0.1, 0.15) is 33.6 Å². The number of phenols is 1. The molecule has 3 nitrogen and oxygen atoms in total. The number of phenolic OH excluding ortho intramolecular Hbond substituents is 1. The number of fused-ring (bicyclic) bond motifs is 2. The minimum absolute atomic E-state index is 0.0482. The van der Waals surface area contributed by atoms with Crippen molar-refractivity contribution in [3.05, 3.63) is 36.0 Å². The van der Waals surface area contributed by atoms with Crippen molar-refractivity contribution < 1.29 is 9.90 Å². The van der Waals surface area contributed by atoms with Gasteiger partial charge in [0, 0.05) is 22.9 Å². The van der Waals surface area contributed by atoms with E-state index < -0.39 is 0 Å². The van der Waals surface area contributed by atoms with Crippen molar-refractivity contribution in [2.24, 2.45) is 16.7 Å². The second-order valence-electron chi connectivity index (χ2n) is 6.77. The molecule has 106 valence electrons. The van der Waals surface area contributed by atoms with Crippen LogP contribution in [0.2, 0.25) is 0 Å². The molecule has 0 aliphatic heterocycles. The number of nitrogens with one attached hydrogen (secondary N) is 1. The molecule has 0 radical (unpaired) electrons. The van der Waals surface area contributed by atoms with Gasteiger partial charge in [0.05, 0.1) is 0 Å². The number of carbonyl (C=O) groups excluding carboxylic acids is 1. The Labute approximate surface area is 119 Å². The standard InChI is InChI=1S/C17H21NO2/c1-16(2)14-8-9-17(16,3)15(20)13(14)10-18-11-4-6-12(19)7-5-11/h4-7,10,14,18-19H,8-9H2,1-3H3/b13-10-/t14-,17+/m1/s1. The molecule has 2 N–H and O–H groups in total. The third-order valence-electron chi connectivity index (χ3n) is 5.63. The van der Waals surface area contributed by atoms with Crippen LogP contribution in [-0.2, 0) is 4.79 Å². The Hall–Kier alpha value is -1.77. The lowest BCUT2D eigenvalue weighted by Gasteiger charge is -2.31. The highest BCUT2D eigenvalue weighted by Gasteiger charge is 2.63. The first-order valence-electron chi connectivity index (χ1n) is 7.17. The molecule has 0 unspecified atom stereocenters. The van der Waals surface area contributed by atoms with E-state index in [1.165, 1.54) is 0 Å². The largest absolute Gasteiger partial charge is 0.508 e. The third-order valence-corrected chi connectivity index (χ3v) is 5.63. The monoisotopic (exact) mass is 271 g/mol. The van der Waals surface area contributed by atoms with Gasteiger partial charge >= 0.3 is 0 Å². The van der Waals surface area contributed by atoms with Gasteiger partial charge < -0.3 is 10.4 Å². The SMILES string of the molecule is CC1(C)[C@@H]2CC[C@@]1(C)C(=O)/C2=C\Nc1ccc(O)cc1. The molecule has 1 aromatic carbocycles. The molecular weight excluding hydrogens is 250 g/mol. The molecule has 0 spiro atoms. The summed E-state index contributed by atoms with van der Waals surface area (Å²) >= 11 is 0. The van der Waals surface area contributed by atoms with Gasteiger partial charge in [-0.15, -0.1) is 0 Å². The summed E-state index contributed by atoms with van der Waals surface area (Å²) in [6.07, 6.45) is 3.96. The Morgan fingerprint density at radius 3 is 2.45 bits per heavy atom. The maximum Gasteiger partial charge on any atom is 0.167 e. The fourth-order valence-corrected chi connectivity index (χ4v) is 3.81. The molecule has 0 heterocycles. The highest BCUT2D eigenvalue weighted by atomic mass is 16.3. The minimum Gasteiger partial charge on any atom is -0.508 e. The van der Waals surface area contributed by atoms with Crippen LogP contribution in [0.4, 0.5) is 5.69 Å². The normalized spacial score (nSPS) is 32.9. The van der Waals surface area contributed by atoms with Crippen LogP contribution in [0, 0.1) is 16.7 Å². The summed E-state index contributed by atoms with van der Waals surface area (Å²) in [5.74, 6) is 0.891. The second kappa shape index (κ2) is 4.11. The zero-order valence-corrected chi connectivity index (χ0v) is 12.2. The highest BCUT2D eigenvalue weighted by molar-refractivity contribution is 6.04. The molecule has 3 heteroatoms. The van der Waals surface area contributed by atoms with Crippen LogP contribution in [0.15, 0.2) is 36.0 Å². The van der Waals surface area contributed by atoms with Crippen molar-refractivity contribution in [2.45, 2.75) is 33.6 Å². The second-order valence-corrected chi connectivity index (χ2v) is 6.77. The molecule has 2 atom stereocenters. The number of Topliss-reactive ketones (excluding diaryl/α,β-unsaturated/α-hetero) is 1. The molecule has 2 saturated carbocycles. The lowest BCUT2D eigenvalue weighted by atomic mass is 9.70. The average Bonchev–Trinajstić information content (AvgIpc) is 2.71. The summed E-state index contributed by atoms with van der Waals surface area (Å²) < 4.78 is 0. The molecule has 20 heavy (non-hydrogen) atoms. The van der Waals surface area contributed by atoms with Crippen molar-refractivity contribution in [2.75, 3.05) is 5.32 Å². The Bertz CT molecular complexity index is 586. The van der Waals surface area contributed by atoms with Crippen LogP contribution in [0.3, 0.4) is 0 Å². The summed E-state index contributed by atoms with van der Waals surface area (Å²) in [5, 5.41) is 12.5. The number of hydrogen-bond acceptors (Lipinski definition) is 3. The fraction of sp³-hybridized carbons (Fsp3) is 0.471. The number of benzene rings is 1. The number of allylic oxidation sites excluding steroid dienone is 1. The van der Waals surface area contributed by atoms with Crippen LogP contribution >= 0.6 is 0 Å². The van der Waals surface area contributed by atoms with E-state index in [0.29, 0.717) is 11.7 Å². The number of ketones is 1. The van der Waals surface area contributed by atoms with Crippen molar-refractivity contribution in [3.63, 3.8) is 0 Å². The predicted molar refractivity (Wildman–Crippen MR) is 79.4 cm³/mol. The van der Waals surface area contributed by atoms with Gasteiger partial charge in [0.15, 0.2) is 5.78 Å². The van der Waals surface area contributed by atoms with E-state index in [2.05, 4.69) is 26.1 Å². The molecule has 0 aromatic heterocycles. The van der Waals surface area contributed by atoms with Gasteiger partial charge in [-0.05, 0) is 48.4 Å². The number of anilines is 1. The van der Waals surface area contributed by atoms with E-state index in [9.17, 15) is 9.90 Å². The van der Waals surface area contributed by atoms with Crippen molar-refractivity contribution >= 4 is 11.5 Å². The van der Waals surface area contributed by atoms with E-state index in [4.69, 9.17) is 0 Å². The van der Waals surface area contributed by atoms with E-state index in [0.717, 1.165) is 24.1 Å². The quantitative estimate of drug-likeness (QED) is 0.636. The van der Waals surface area contributed by atoms with Crippen molar-refractivity contribution in [1.82, 2.24) is 0 Å². The zero-order valence-electron chi connectivity index (χ0n) is 12.2. The van der Waals surface area contributed by atoms with Gasteiger partial charge in [0.2, 0.25) is 0 Å². The summed E-state index contributed by atoms with van der Waals surface area (Å²) in [6, 6.07) is 6.87. The van der Waals surface area contributed by atoms with Gasteiger partial charge in [-0.1, -0.05) is 20.8 Å². The van der Waals surface area contributed by atoms with E-state index in [-0.39, 0.29) is 16.6 Å². The number of rotatable bonds is 2. The summed E-state index contributed by atoms with van der Waals surface area (Å²) in [5.41, 5.74) is 1.65. The number of aromatic hydroxyl groups is 1. The van der Waals surface area contributed by atoms with Gasteiger partial charge in [-0.2, -0.15) is 0 Å². The molecule has 0 amide bonds. The minimum atomic E-state index is -0.208. The van der Waals surface area contributed by atoms with Gasteiger partial charge in [0.25, 0.3) is 0 Å². The Morgan fingerprint density at radius 1 is 1.25 bits per heavy atom. The maximum atomic E-state index is 12.6. The van der Waals surface area contributed by atoms with E-state index in [1.807, 2.05) is 6.20 Å². The first kappa shape index (κ1) is 13.2. The first-order chi connectivity index (χ1) is 9.36. The summed E-state index contributed by atoms with van der Waals surface area (Å²) in [7, 11) is 0. The zero-order chi connectivity index (χ0) is 14.5. The molecule has 2 fully saturated rings. The summed E-state index contributed by atoms with van der Waals surface area (Å²) in [4.78, 5) is 12.6. The first-order valence-corrected chi connectivity index (χ1v) is 7.17. The van der Waals surface area contributed by atoms with Crippen LogP contribution < -0.4 is 5.32 Å². The fourth-order valence-electron chi connectivity index (χ4n) is 3.81. The Morgan fingerprint density at radius 2 is 1.90 bits per heavy atom. The van der Waals surface area contributed by atoms with E-state index in [1.54, 1.807) is 24.3 Å². The van der Waals surface area contributed by atoms with Crippen LogP contribution in [0.5, 0.6) is 5.75 Å². The molecular formula is C17H21NO2. The lowest BCUT2D eigenvalue weighted by molar-refractivity contribution is -0.125. The van der Waals surface area contributed by atoms with E-state index >= 15 is 0 Å². The van der Waals surface area contributed by atoms with Gasteiger partial charge in [-0.3, -0.25) is 4.79 Å². The average molecular weight is 271 g/mol. The smallest absolute Gasteiger partial charge is 0.167 e.